The molecule has 0 saturated carbocycles. The molecule has 1 aliphatic heterocycles. The zero-order valence-corrected chi connectivity index (χ0v) is 14.1. The Labute approximate surface area is 142 Å². The highest BCUT2D eigenvalue weighted by Gasteiger charge is 2.24. The first-order valence-electron chi connectivity index (χ1n) is 7.36. The lowest BCUT2D eigenvalue weighted by molar-refractivity contribution is 0.0560. The van der Waals surface area contributed by atoms with E-state index in [1.807, 2.05) is 0 Å². The number of nitrogens with zero attached hydrogens (tertiary/aromatic N) is 5. The Balaban J connectivity index is 1.63. The largest absolute Gasteiger partial charge is 0.345 e. The molecule has 136 valence electrons. The highest BCUT2D eigenvalue weighted by molar-refractivity contribution is 7.88. The molecule has 0 aliphatic carbocycles. The van der Waals surface area contributed by atoms with E-state index in [0.717, 1.165) is 18.1 Å². The van der Waals surface area contributed by atoms with Gasteiger partial charge in [-0.3, -0.25) is 9.48 Å². The summed E-state index contributed by atoms with van der Waals surface area (Å²) in [6.45, 7) is -1.74. The molecule has 0 spiro atoms. The van der Waals surface area contributed by atoms with Crippen LogP contribution in [-0.4, -0.2) is 51.0 Å². The van der Waals surface area contributed by atoms with Crippen molar-refractivity contribution in [2.45, 2.75) is 26.2 Å². The number of alkyl halides is 2. The second-order valence-electron chi connectivity index (χ2n) is 5.59. The first-order chi connectivity index (χ1) is 11.7. The Morgan fingerprint density at radius 3 is 2.76 bits per heavy atom. The van der Waals surface area contributed by atoms with E-state index in [1.165, 1.54) is 10.4 Å². The number of hydrogen-bond acceptors (Lipinski definition) is 5. The maximum atomic E-state index is 12.5. The van der Waals surface area contributed by atoms with Crippen LogP contribution in [0.4, 0.5) is 8.78 Å². The molecule has 2 aromatic rings. The van der Waals surface area contributed by atoms with Gasteiger partial charge >= 0.3 is 6.55 Å². The summed E-state index contributed by atoms with van der Waals surface area (Å²) in [5, 5.41) is 10.3. The summed E-state index contributed by atoms with van der Waals surface area (Å²) in [7, 11) is -3.28. The molecular formula is C13H16F2N6O3S. The zero-order chi connectivity index (χ0) is 18.2. The van der Waals surface area contributed by atoms with Gasteiger partial charge in [-0.2, -0.15) is 23.3 Å². The van der Waals surface area contributed by atoms with E-state index < -0.39 is 22.5 Å². The number of carbonyl (C=O) groups is 1. The number of rotatable bonds is 5. The standard InChI is InChI=1S/C13H16F2N6O3S/c1-25(23,24)19-4-5-20-10(8-19)6-9(17-20)7-16-12(22)11-2-3-21(18-11)13(14)15/h2-3,6,13H,4-5,7-8H2,1H3,(H,16,22). The van der Waals surface area contributed by atoms with Crippen LogP contribution in [0.5, 0.6) is 0 Å². The SMILES string of the molecule is CS(=O)(=O)N1CCn2nc(CNC(=O)c3ccn(C(F)F)n3)cc2C1. The van der Waals surface area contributed by atoms with Gasteiger partial charge in [-0.25, -0.2) is 13.1 Å². The number of nitrogens with one attached hydrogen (secondary N) is 1. The smallest absolute Gasteiger partial charge is 0.333 e. The van der Waals surface area contributed by atoms with Crippen LogP contribution in [-0.2, 0) is 29.7 Å². The summed E-state index contributed by atoms with van der Waals surface area (Å²) in [5.41, 5.74) is 1.16. The third-order valence-electron chi connectivity index (χ3n) is 3.75. The van der Waals surface area contributed by atoms with Crippen LogP contribution in [0, 0.1) is 0 Å². The molecule has 0 bridgehead atoms. The fraction of sp³-hybridized carbons (Fsp3) is 0.462. The fourth-order valence-corrected chi connectivity index (χ4v) is 3.28. The highest BCUT2D eigenvalue weighted by Crippen LogP contribution is 2.16. The van der Waals surface area contributed by atoms with Gasteiger partial charge in [-0.1, -0.05) is 0 Å². The van der Waals surface area contributed by atoms with E-state index in [-0.39, 0.29) is 18.8 Å². The first-order valence-corrected chi connectivity index (χ1v) is 9.21. The third kappa shape index (κ3) is 3.85. The maximum Gasteiger partial charge on any atom is 0.333 e. The summed E-state index contributed by atoms with van der Waals surface area (Å²) in [6, 6.07) is 2.90. The van der Waals surface area contributed by atoms with Crippen molar-refractivity contribution in [1.29, 1.82) is 0 Å². The van der Waals surface area contributed by atoms with Gasteiger partial charge in [0.2, 0.25) is 10.0 Å². The zero-order valence-electron chi connectivity index (χ0n) is 13.3. The fourth-order valence-electron chi connectivity index (χ4n) is 2.50. The van der Waals surface area contributed by atoms with Crippen molar-refractivity contribution >= 4 is 15.9 Å². The van der Waals surface area contributed by atoms with Crippen molar-refractivity contribution in [3.8, 4) is 0 Å². The Kier molecular flexibility index (Phi) is 4.56. The molecular weight excluding hydrogens is 358 g/mol. The first kappa shape index (κ1) is 17.5. The van der Waals surface area contributed by atoms with Crippen molar-refractivity contribution in [3.05, 3.63) is 35.4 Å². The molecule has 0 unspecified atom stereocenters. The van der Waals surface area contributed by atoms with Crippen molar-refractivity contribution in [2.75, 3.05) is 12.8 Å². The van der Waals surface area contributed by atoms with Crippen molar-refractivity contribution in [2.24, 2.45) is 0 Å². The number of hydrogen-bond donors (Lipinski definition) is 1. The Bertz CT molecular complexity index is 891. The Morgan fingerprint density at radius 2 is 2.12 bits per heavy atom. The quantitative estimate of drug-likeness (QED) is 0.804. The molecule has 1 N–H and O–H groups in total. The molecule has 0 saturated heterocycles. The predicted molar refractivity (Wildman–Crippen MR) is 82.1 cm³/mol. The topological polar surface area (TPSA) is 102 Å². The molecule has 3 rings (SSSR count). The maximum absolute atomic E-state index is 12.5. The van der Waals surface area contributed by atoms with Gasteiger partial charge in [-0.15, -0.1) is 0 Å². The molecule has 3 heterocycles. The molecule has 12 heteroatoms. The second kappa shape index (κ2) is 6.52. The number of amides is 1. The summed E-state index contributed by atoms with van der Waals surface area (Å²) in [5.74, 6) is -0.594. The van der Waals surface area contributed by atoms with E-state index in [2.05, 4.69) is 15.5 Å². The van der Waals surface area contributed by atoms with Crippen molar-refractivity contribution in [3.63, 3.8) is 0 Å². The predicted octanol–water partition coefficient (Wildman–Crippen LogP) is 0.180. The molecule has 9 nitrogen and oxygen atoms in total. The molecule has 1 amide bonds. The molecule has 0 atom stereocenters. The van der Waals surface area contributed by atoms with E-state index >= 15 is 0 Å². The van der Waals surface area contributed by atoms with E-state index in [0.29, 0.717) is 23.5 Å². The average molecular weight is 374 g/mol. The number of sulfonamides is 1. The Hall–Kier alpha value is -2.34. The molecule has 0 aromatic carbocycles. The number of aromatic nitrogens is 4. The summed E-state index contributed by atoms with van der Waals surface area (Å²) in [4.78, 5) is 11.9. The van der Waals surface area contributed by atoms with Crippen LogP contribution >= 0.6 is 0 Å². The molecule has 2 aromatic heterocycles. The van der Waals surface area contributed by atoms with Crippen LogP contribution in [0.3, 0.4) is 0 Å². The van der Waals surface area contributed by atoms with Gasteiger partial charge in [0.15, 0.2) is 0 Å². The van der Waals surface area contributed by atoms with Gasteiger partial charge in [0, 0.05) is 12.7 Å². The van der Waals surface area contributed by atoms with Gasteiger partial charge in [-0.05, 0) is 12.1 Å². The minimum atomic E-state index is -3.28. The third-order valence-corrected chi connectivity index (χ3v) is 5.00. The van der Waals surface area contributed by atoms with E-state index in [9.17, 15) is 22.0 Å². The van der Waals surface area contributed by atoms with Crippen LogP contribution in [0.2, 0.25) is 0 Å². The lowest BCUT2D eigenvalue weighted by Gasteiger charge is -2.25. The van der Waals surface area contributed by atoms with Crippen molar-refractivity contribution < 1.29 is 22.0 Å². The molecule has 25 heavy (non-hydrogen) atoms. The van der Waals surface area contributed by atoms with E-state index in [4.69, 9.17) is 0 Å². The van der Waals surface area contributed by atoms with Gasteiger partial charge in [0.25, 0.3) is 5.91 Å². The van der Waals surface area contributed by atoms with Crippen LogP contribution < -0.4 is 5.32 Å². The summed E-state index contributed by atoms with van der Waals surface area (Å²) < 4.78 is 51.5. The number of carbonyl (C=O) groups excluding carboxylic acids is 1. The Morgan fingerprint density at radius 1 is 1.36 bits per heavy atom. The van der Waals surface area contributed by atoms with Gasteiger partial charge < -0.3 is 5.32 Å². The highest BCUT2D eigenvalue weighted by atomic mass is 32.2. The monoisotopic (exact) mass is 374 g/mol. The molecule has 1 aliphatic rings. The number of fused-ring (bicyclic) bond motifs is 1. The minimum absolute atomic E-state index is 0.0826. The summed E-state index contributed by atoms with van der Waals surface area (Å²) in [6.07, 6.45) is 2.17. The second-order valence-corrected chi connectivity index (χ2v) is 7.57. The summed E-state index contributed by atoms with van der Waals surface area (Å²) >= 11 is 0. The van der Waals surface area contributed by atoms with Gasteiger partial charge in [0.1, 0.15) is 5.69 Å². The molecule has 0 fully saturated rings. The molecule has 0 radical (unpaired) electrons. The van der Waals surface area contributed by atoms with Gasteiger partial charge in [0.05, 0.1) is 37.3 Å². The van der Waals surface area contributed by atoms with Crippen LogP contribution in [0.1, 0.15) is 28.4 Å². The average Bonchev–Trinajstić information content (AvgIpc) is 3.17. The van der Waals surface area contributed by atoms with Crippen LogP contribution in [0.15, 0.2) is 18.3 Å². The van der Waals surface area contributed by atoms with Crippen molar-refractivity contribution in [1.82, 2.24) is 29.2 Å². The number of halogens is 2. The normalized spacial score (nSPS) is 15.4. The lowest BCUT2D eigenvalue weighted by Crippen LogP contribution is -2.37. The minimum Gasteiger partial charge on any atom is -0.345 e. The van der Waals surface area contributed by atoms with Crippen LogP contribution in [0.25, 0.3) is 0 Å². The van der Waals surface area contributed by atoms with E-state index in [1.54, 1.807) is 10.7 Å². The lowest BCUT2D eigenvalue weighted by atomic mass is 10.3.